The number of hydrogen-bond acceptors (Lipinski definition) is 5. The molecule has 11 heteroatoms. The first-order chi connectivity index (χ1) is 16.6. The molecule has 184 valence electrons. The molecule has 1 spiro atoms. The second kappa shape index (κ2) is 7.87. The van der Waals surface area contributed by atoms with Crippen LogP contribution < -0.4 is 4.72 Å². The van der Waals surface area contributed by atoms with E-state index in [1.807, 2.05) is 36.4 Å². The van der Waals surface area contributed by atoms with Gasteiger partial charge in [0.15, 0.2) is 5.76 Å². The number of alkyl halides is 3. The zero-order valence-corrected chi connectivity index (χ0v) is 19.4. The zero-order valence-electron chi connectivity index (χ0n) is 18.6. The molecule has 0 amide bonds. The van der Waals surface area contributed by atoms with E-state index in [1.54, 1.807) is 12.4 Å². The third-order valence-electron chi connectivity index (χ3n) is 7.58. The van der Waals surface area contributed by atoms with Crippen molar-refractivity contribution in [2.45, 2.75) is 37.4 Å². The number of nitrogens with zero attached hydrogens (tertiary/aromatic N) is 3. The molecule has 3 aliphatic rings. The summed E-state index contributed by atoms with van der Waals surface area (Å²) >= 11 is 0. The Hall–Kier alpha value is -2.76. The Morgan fingerprint density at radius 3 is 2.57 bits per heavy atom. The SMILES string of the molecule is O=S1(=O)N[C@]2(CN1CC(F)(F)F)[C@@H]1CC[C@H]2Cc2cc(-c3ncc(-c4ccccn4)o3)ccc2C1. The van der Waals surface area contributed by atoms with E-state index in [0.717, 1.165) is 29.5 Å². The summed E-state index contributed by atoms with van der Waals surface area (Å²) < 4.78 is 73.7. The van der Waals surface area contributed by atoms with Gasteiger partial charge in [0.1, 0.15) is 12.2 Å². The molecule has 2 aromatic heterocycles. The largest absolute Gasteiger partial charge is 0.434 e. The standard InChI is InChI=1S/C24H23F3N4O3S/c25-24(26,27)14-31-13-23(30-35(31,32)33)18-6-7-19(23)11-17-9-16(5-4-15(17)10-18)22-29-12-21(34-22)20-3-1-2-8-28-20/h1-5,8-9,12,18-19,30H,6-7,10-11,13-14H2/t18-,19+,23-/m1/s1. The van der Waals surface area contributed by atoms with Crippen molar-refractivity contribution in [1.82, 2.24) is 19.0 Å². The van der Waals surface area contributed by atoms with Gasteiger partial charge in [-0.05, 0) is 72.9 Å². The Morgan fingerprint density at radius 2 is 1.86 bits per heavy atom. The topological polar surface area (TPSA) is 88.3 Å². The van der Waals surface area contributed by atoms with Gasteiger partial charge in [-0.25, -0.2) is 4.98 Å². The van der Waals surface area contributed by atoms with Gasteiger partial charge in [-0.1, -0.05) is 12.1 Å². The maximum absolute atomic E-state index is 13.1. The summed E-state index contributed by atoms with van der Waals surface area (Å²) in [7, 11) is -4.20. The summed E-state index contributed by atoms with van der Waals surface area (Å²) in [6.45, 7) is -1.62. The fourth-order valence-electron chi connectivity index (χ4n) is 6.01. The average Bonchev–Trinajstić information content (AvgIpc) is 3.43. The number of rotatable bonds is 3. The minimum Gasteiger partial charge on any atom is -0.434 e. The Bertz CT molecular complexity index is 1380. The monoisotopic (exact) mass is 504 g/mol. The Balaban J connectivity index is 1.30. The molecule has 1 saturated heterocycles. The zero-order chi connectivity index (χ0) is 24.4. The molecule has 2 aliphatic carbocycles. The quantitative estimate of drug-likeness (QED) is 0.583. The van der Waals surface area contributed by atoms with Crippen LogP contribution in [0.1, 0.15) is 24.0 Å². The van der Waals surface area contributed by atoms with Gasteiger partial charge in [-0.3, -0.25) is 4.98 Å². The molecule has 1 saturated carbocycles. The van der Waals surface area contributed by atoms with Crippen LogP contribution in [0.3, 0.4) is 0 Å². The molecule has 7 nitrogen and oxygen atoms in total. The van der Waals surface area contributed by atoms with E-state index >= 15 is 0 Å². The highest BCUT2D eigenvalue weighted by molar-refractivity contribution is 7.87. The van der Waals surface area contributed by atoms with Crippen molar-refractivity contribution < 1.29 is 26.0 Å². The van der Waals surface area contributed by atoms with Crippen molar-refractivity contribution in [2.24, 2.45) is 11.8 Å². The number of oxazole rings is 1. The molecule has 35 heavy (non-hydrogen) atoms. The van der Waals surface area contributed by atoms with Crippen LogP contribution in [0.4, 0.5) is 13.2 Å². The average molecular weight is 505 g/mol. The molecule has 3 heterocycles. The van der Waals surface area contributed by atoms with E-state index < -0.39 is 28.5 Å². The van der Waals surface area contributed by atoms with Crippen LogP contribution in [0.5, 0.6) is 0 Å². The molecular weight excluding hydrogens is 481 g/mol. The number of aromatic nitrogens is 2. The lowest BCUT2D eigenvalue weighted by molar-refractivity contribution is -0.136. The predicted molar refractivity (Wildman–Crippen MR) is 121 cm³/mol. The first kappa shape index (κ1) is 22.7. The smallest absolute Gasteiger partial charge is 0.402 e. The van der Waals surface area contributed by atoms with Gasteiger partial charge in [0.05, 0.1) is 11.7 Å². The van der Waals surface area contributed by atoms with Gasteiger partial charge < -0.3 is 4.42 Å². The van der Waals surface area contributed by atoms with Gasteiger partial charge in [0.2, 0.25) is 5.89 Å². The van der Waals surface area contributed by atoms with E-state index in [-0.39, 0.29) is 18.4 Å². The predicted octanol–water partition coefficient (Wildman–Crippen LogP) is 3.98. The molecular formula is C24H23F3N4O3S. The first-order valence-electron chi connectivity index (χ1n) is 11.5. The van der Waals surface area contributed by atoms with Crippen molar-refractivity contribution in [1.29, 1.82) is 0 Å². The maximum Gasteiger partial charge on any atom is 0.402 e. The van der Waals surface area contributed by atoms with Crippen LogP contribution in [-0.4, -0.2) is 47.5 Å². The van der Waals surface area contributed by atoms with E-state index in [9.17, 15) is 21.6 Å². The molecule has 3 atom stereocenters. The summed E-state index contributed by atoms with van der Waals surface area (Å²) in [5.41, 5.74) is 2.73. The van der Waals surface area contributed by atoms with Crippen molar-refractivity contribution in [3.05, 3.63) is 59.9 Å². The summed E-state index contributed by atoms with van der Waals surface area (Å²) in [5, 5.41) is 0. The molecule has 1 aromatic carbocycles. The van der Waals surface area contributed by atoms with Crippen LogP contribution in [0, 0.1) is 11.8 Å². The summed E-state index contributed by atoms with van der Waals surface area (Å²) in [5.74, 6) is 0.852. The molecule has 0 radical (unpaired) electrons. The minimum atomic E-state index is -4.59. The number of pyridine rings is 1. The van der Waals surface area contributed by atoms with Gasteiger partial charge in [-0.2, -0.15) is 30.6 Å². The van der Waals surface area contributed by atoms with Crippen LogP contribution in [0.25, 0.3) is 22.9 Å². The van der Waals surface area contributed by atoms with E-state index in [0.29, 0.717) is 34.5 Å². The Kier molecular flexibility index (Phi) is 5.10. The minimum absolute atomic E-state index is 0.0647. The van der Waals surface area contributed by atoms with Crippen molar-refractivity contribution in [3.63, 3.8) is 0 Å². The lowest BCUT2D eigenvalue weighted by atomic mass is 9.79. The van der Waals surface area contributed by atoms with Crippen LogP contribution >= 0.6 is 0 Å². The van der Waals surface area contributed by atoms with Gasteiger partial charge in [-0.15, -0.1) is 0 Å². The van der Waals surface area contributed by atoms with E-state index in [4.69, 9.17) is 4.42 Å². The van der Waals surface area contributed by atoms with Crippen molar-refractivity contribution in [3.8, 4) is 22.9 Å². The van der Waals surface area contributed by atoms with Gasteiger partial charge in [0.25, 0.3) is 10.2 Å². The second-order valence-electron chi connectivity index (χ2n) is 9.64. The maximum atomic E-state index is 13.1. The summed E-state index contributed by atoms with van der Waals surface area (Å²) in [6, 6.07) is 11.5. The summed E-state index contributed by atoms with van der Waals surface area (Å²) in [4.78, 5) is 8.69. The van der Waals surface area contributed by atoms with E-state index in [2.05, 4.69) is 14.7 Å². The third kappa shape index (κ3) is 3.95. The van der Waals surface area contributed by atoms with E-state index in [1.165, 1.54) is 0 Å². The Labute approximate surface area is 200 Å². The van der Waals surface area contributed by atoms with Crippen molar-refractivity contribution in [2.75, 3.05) is 13.1 Å². The molecule has 2 fully saturated rings. The lowest BCUT2D eigenvalue weighted by Gasteiger charge is -2.33. The van der Waals surface area contributed by atoms with Gasteiger partial charge >= 0.3 is 6.18 Å². The molecule has 6 rings (SSSR count). The molecule has 2 bridgehead atoms. The highest BCUT2D eigenvalue weighted by atomic mass is 32.2. The normalized spacial score (nSPS) is 27.7. The number of hydrogen-bond donors (Lipinski definition) is 1. The first-order valence-corrected chi connectivity index (χ1v) is 12.9. The molecule has 3 aromatic rings. The summed E-state index contributed by atoms with van der Waals surface area (Å²) in [6.07, 6.45) is 1.45. The Morgan fingerprint density at radius 1 is 1.09 bits per heavy atom. The lowest BCUT2D eigenvalue weighted by Crippen LogP contribution is -2.52. The number of benzene rings is 1. The molecule has 1 aliphatic heterocycles. The highest BCUT2D eigenvalue weighted by Crippen LogP contribution is 2.50. The molecule has 1 N–H and O–H groups in total. The van der Waals surface area contributed by atoms with Crippen LogP contribution in [0.2, 0.25) is 0 Å². The number of nitrogens with one attached hydrogen (secondary N) is 1. The number of halogens is 3. The number of fused-ring (bicyclic) bond motifs is 1. The van der Waals surface area contributed by atoms with Crippen LogP contribution in [0.15, 0.2) is 53.2 Å². The van der Waals surface area contributed by atoms with Crippen LogP contribution in [-0.2, 0) is 23.1 Å². The van der Waals surface area contributed by atoms with Gasteiger partial charge in [0, 0.05) is 18.3 Å². The fraction of sp³-hybridized carbons (Fsp3) is 0.417. The fourth-order valence-corrected chi connectivity index (χ4v) is 7.72. The second-order valence-corrected chi connectivity index (χ2v) is 11.3. The highest BCUT2D eigenvalue weighted by Gasteiger charge is 2.60. The third-order valence-corrected chi connectivity index (χ3v) is 9.16. The molecule has 0 unspecified atom stereocenters. The van der Waals surface area contributed by atoms with Crippen molar-refractivity contribution >= 4 is 10.2 Å².